The maximum absolute atomic E-state index is 10.6. The van der Waals surface area contributed by atoms with Crippen LogP contribution in [-0.2, 0) is 0 Å². The Morgan fingerprint density at radius 1 is 1.40 bits per heavy atom. The fraction of sp³-hybridized carbons (Fsp3) is 0.417. The van der Waals surface area contributed by atoms with E-state index < -0.39 is 5.97 Å². The smallest absolute Gasteiger partial charge is 0.335 e. The van der Waals surface area contributed by atoms with Gasteiger partial charge in [-0.15, -0.1) is 0 Å². The molecule has 0 saturated carbocycles. The molecule has 0 bridgehead atoms. The van der Waals surface area contributed by atoms with Gasteiger partial charge in [0.05, 0.1) is 5.56 Å². The Morgan fingerprint density at radius 2 is 2.00 bits per heavy atom. The van der Waals surface area contributed by atoms with Gasteiger partial charge in [0.1, 0.15) is 0 Å². The molecule has 0 aromatic heterocycles. The first kappa shape index (κ1) is 11.7. The maximum Gasteiger partial charge on any atom is 0.335 e. The number of unbranched alkanes of at least 4 members (excludes halogenated alkanes) is 1. The lowest BCUT2D eigenvalue weighted by atomic mass is 10.0. The second kappa shape index (κ2) is 5.51. The third-order valence-corrected chi connectivity index (χ3v) is 2.45. The van der Waals surface area contributed by atoms with Crippen LogP contribution in [0.3, 0.4) is 0 Å². The van der Waals surface area contributed by atoms with Crippen molar-refractivity contribution in [3.8, 4) is 0 Å². The van der Waals surface area contributed by atoms with Gasteiger partial charge in [0.15, 0.2) is 0 Å². The molecule has 0 amide bonds. The van der Waals surface area contributed by atoms with Crippen molar-refractivity contribution < 1.29 is 9.90 Å². The zero-order chi connectivity index (χ0) is 11.3. The summed E-state index contributed by atoms with van der Waals surface area (Å²) in [5.41, 5.74) is 7.27. The van der Waals surface area contributed by atoms with Gasteiger partial charge in [0.2, 0.25) is 0 Å². The van der Waals surface area contributed by atoms with Gasteiger partial charge < -0.3 is 10.8 Å². The second-order valence-electron chi connectivity index (χ2n) is 3.68. The van der Waals surface area contributed by atoms with E-state index in [9.17, 15) is 4.79 Å². The Hall–Kier alpha value is -1.35. The van der Waals surface area contributed by atoms with Gasteiger partial charge in [-0.25, -0.2) is 4.79 Å². The fourth-order valence-electron chi connectivity index (χ4n) is 1.46. The molecule has 1 aromatic carbocycles. The summed E-state index contributed by atoms with van der Waals surface area (Å²) in [6, 6.07) is 6.81. The summed E-state index contributed by atoms with van der Waals surface area (Å²) in [5, 5.41) is 8.72. The quantitative estimate of drug-likeness (QED) is 0.780. The van der Waals surface area contributed by atoms with Gasteiger partial charge >= 0.3 is 5.97 Å². The van der Waals surface area contributed by atoms with Gasteiger partial charge in [0, 0.05) is 6.04 Å². The van der Waals surface area contributed by atoms with Crippen LogP contribution in [0.2, 0.25) is 0 Å². The van der Waals surface area contributed by atoms with Crippen LogP contribution in [0.4, 0.5) is 0 Å². The van der Waals surface area contributed by atoms with Crippen molar-refractivity contribution in [3.63, 3.8) is 0 Å². The summed E-state index contributed by atoms with van der Waals surface area (Å²) in [6.45, 7) is 2.13. The van der Waals surface area contributed by atoms with E-state index in [0.29, 0.717) is 5.56 Å². The first-order chi connectivity index (χ1) is 7.15. The predicted molar refractivity (Wildman–Crippen MR) is 59.9 cm³/mol. The molecule has 0 unspecified atom stereocenters. The van der Waals surface area contributed by atoms with E-state index >= 15 is 0 Å². The average molecular weight is 207 g/mol. The number of aromatic carboxylic acids is 1. The highest BCUT2D eigenvalue weighted by Gasteiger charge is 2.07. The Kier molecular flexibility index (Phi) is 4.31. The summed E-state index contributed by atoms with van der Waals surface area (Å²) >= 11 is 0. The molecular formula is C12H17NO2. The van der Waals surface area contributed by atoms with Gasteiger partial charge in [0.25, 0.3) is 0 Å². The van der Waals surface area contributed by atoms with Gasteiger partial charge in [-0.1, -0.05) is 31.9 Å². The van der Waals surface area contributed by atoms with Crippen LogP contribution in [0.25, 0.3) is 0 Å². The third-order valence-electron chi connectivity index (χ3n) is 2.45. The molecule has 0 aliphatic heterocycles. The highest BCUT2D eigenvalue weighted by Crippen LogP contribution is 2.17. The van der Waals surface area contributed by atoms with Gasteiger partial charge in [-0.05, 0) is 24.1 Å². The zero-order valence-electron chi connectivity index (χ0n) is 8.94. The van der Waals surface area contributed by atoms with E-state index in [1.54, 1.807) is 24.3 Å². The minimum absolute atomic E-state index is 0.0211. The summed E-state index contributed by atoms with van der Waals surface area (Å²) < 4.78 is 0. The molecule has 0 aliphatic rings. The van der Waals surface area contributed by atoms with Crippen LogP contribution >= 0.6 is 0 Å². The standard InChI is InChI=1S/C12H17NO2/c1-2-3-4-11(13)9-5-7-10(8-6-9)12(14)15/h5-8,11H,2-4,13H2,1H3,(H,14,15)/t11-/m1/s1. The minimum atomic E-state index is -0.899. The van der Waals surface area contributed by atoms with E-state index in [1.165, 1.54) is 0 Å². The molecule has 15 heavy (non-hydrogen) atoms. The van der Waals surface area contributed by atoms with E-state index in [2.05, 4.69) is 6.92 Å². The molecule has 1 aromatic rings. The topological polar surface area (TPSA) is 63.3 Å². The molecule has 0 heterocycles. The number of nitrogens with two attached hydrogens (primary N) is 1. The average Bonchev–Trinajstić information content (AvgIpc) is 2.26. The molecule has 0 radical (unpaired) electrons. The lowest BCUT2D eigenvalue weighted by Gasteiger charge is -2.11. The first-order valence-electron chi connectivity index (χ1n) is 5.24. The first-order valence-corrected chi connectivity index (χ1v) is 5.24. The summed E-state index contributed by atoms with van der Waals surface area (Å²) in [7, 11) is 0. The lowest BCUT2D eigenvalue weighted by molar-refractivity contribution is 0.0697. The predicted octanol–water partition coefficient (Wildman–Crippen LogP) is 2.57. The van der Waals surface area contributed by atoms with Crippen LogP contribution in [0, 0.1) is 0 Å². The molecule has 0 aliphatic carbocycles. The highest BCUT2D eigenvalue weighted by molar-refractivity contribution is 5.87. The Labute approximate surface area is 89.9 Å². The van der Waals surface area contributed by atoms with Gasteiger partial charge in [-0.3, -0.25) is 0 Å². The summed E-state index contributed by atoms with van der Waals surface area (Å²) in [5.74, 6) is -0.899. The molecule has 3 heteroatoms. The monoisotopic (exact) mass is 207 g/mol. The van der Waals surface area contributed by atoms with E-state index in [0.717, 1.165) is 24.8 Å². The molecule has 82 valence electrons. The Bertz CT molecular complexity index is 319. The number of benzene rings is 1. The van der Waals surface area contributed by atoms with Crippen molar-refractivity contribution in [2.24, 2.45) is 5.73 Å². The Morgan fingerprint density at radius 3 is 2.47 bits per heavy atom. The Balaban J connectivity index is 2.66. The minimum Gasteiger partial charge on any atom is -0.478 e. The molecule has 0 saturated heterocycles. The number of carboxylic acid groups (broad SMARTS) is 1. The third kappa shape index (κ3) is 3.36. The van der Waals surface area contributed by atoms with E-state index in [-0.39, 0.29) is 6.04 Å². The molecule has 3 nitrogen and oxygen atoms in total. The molecule has 1 atom stereocenters. The van der Waals surface area contributed by atoms with Crippen molar-refractivity contribution in [2.45, 2.75) is 32.2 Å². The lowest BCUT2D eigenvalue weighted by Crippen LogP contribution is -2.10. The fourth-order valence-corrected chi connectivity index (χ4v) is 1.46. The van der Waals surface area contributed by atoms with Crippen molar-refractivity contribution >= 4 is 5.97 Å². The van der Waals surface area contributed by atoms with Crippen LogP contribution in [-0.4, -0.2) is 11.1 Å². The zero-order valence-corrected chi connectivity index (χ0v) is 8.94. The number of carboxylic acids is 1. The van der Waals surface area contributed by atoms with Crippen molar-refractivity contribution in [2.75, 3.05) is 0 Å². The van der Waals surface area contributed by atoms with E-state index in [4.69, 9.17) is 10.8 Å². The number of carbonyl (C=O) groups is 1. The second-order valence-corrected chi connectivity index (χ2v) is 3.68. The molecule has 0 fully saturated rings. The normalized spacial score (nSPS) is 12.4. The van der Waals surface area contributed by atoms with Crippen molar-refractivity contribution in [1.82, 2.24) is 0 Å². The van der Waals surface area contributed by atoms with Crippen LogP contribution < -0.4 is 5.73 Å². The summed E-state index contributed by atoms with van der Waals surface area (Å²) in [4.78, 5) is 10.6. The van der Waals surface area contributed by atoms with Crippen LogP contribution in [0.1, 0.15) is 48.1 Å². The van der Waals surface area contributed by atoms with Crippen molar-refractivity contribution in [1.29, 1.82) is 0 Å². The van der Waals surface area contributed by atoms with E-state index in [1.807, 2.05) is 0 Å². The molecule has 0 spiro atoms. The number of hydrogen-bond acceptors (Lipinski definition) is 2. The molecule has 3 N–H and O–H groups in total. The number of hydrogen-bond donors (Lipinski definition) is 2. The van der Waals surface area contributed by atoms with Crippen LogP contribution in [0.15, 0.2) is 24.3 Å². The molecule has 1 rings (SSSR count). The van der Waals surface area contributed by atoms with Crippen LogP contribution in [0.5, 0.6) is 0 Å². The summed E-state index contributed by atoms with van der Waals surface area (Å²) in [6.07, 6.45) is 3.17. The highest BCUT2D eigenvalue weighted by atomic mass is 16.4. The number of rotatable bonds is 5. The maximum atomic E-state index is 10.6. The SMILES string of the molecule is CCCC[C@@H](N)c1ccc(C(=O)O)cc1. The largest absolute Gasteiger partial charge is 0.478 e. The van der Waals surface area contributed by atoms with Gasteiger partial charge in [-0.2, -0.15) is 0 Å². The van der Waals surface area contributed by atoms with Crippen molar-refractivity contribution in [3.05, 3.63) is 35.4 Å². The molecular weight excluding hydrogens is 190 g/mol.